The fraction of sp³-hybridized carbons (Fsp3) is 0.929. The van der Waals surface area contributed by atoms with E-state index in [1.807, 2.05) is 0 Å². The van der Waals surface area contributed by atoms with E-state index in [9.17, 15) is 84.5 Å². The molecule has 0 saturated heterocycles. The van der Waals surface area contributed by atoms with Crippen LogP contribution in [-0.2, 0) is 9.53 Å². The first-order valence-electron chi connectivity index (χ1n) is 8.05. The van der Waals surface area contributed by atoms with Gasteiger partial charge in [-0.3, -0.25) is 0 Å². The quantitative estimate of drug-likeness (QED) is 0.281. The van der Waals surface area contributed by atoms with Gasteiger partial charge in [-0.25, -0.2) is 4.79 Å². The Bertz CT molecular complexity index is 753. The molecule has 0 amide bonds. The van der Waals surface area contributed by atoms with E-state index in [0.29, 0.717) is 0 Å². The summed E-state index contributed by atoms with van der Waals surface area (Å²) in [5.41, 5.74) is -3.94. The van der Waals surface area contributed by atoms with E-state index in [0.717, 1.165) is 6.92 Å². The van der Waals surface area contributed by atoms with Crippen molar-refractivity contribution in [3.05, 3.63) is 0 Å². The van der Waals surface area contributed by atoms with Crippen LogP contribution in [0.2, 0.25) is 0 Å². The standard InChI is InChI=1S/C14H11F17O3/c1-3-34-5(32)6(2,33)4-7(15,16)8(17,18)9(19,20)10(21,22)11(23,24)12(25,26)13(27,28)14(29,30)31/h33H,3-4H2,1-2H3. The largest absolute Gasteiger partial charge is 0.464 e. The summed E-state index contributed by atoms with van der Waals surface area (Å²) in [6.07, 6.45) is -11.2. The fourth-order valence-electron chi connectivity index (χ4n) is 2.10. The predicted molar refractivity (Wildman–Crippen MR) is 72.6 cm³/mol. The lowest BCUT2D eigenvalue weighted by molar-refractivity contribution is -0.462. The van der Waals surface area contributed by atoms with Gasteiger partial charge < -0.3 is 9.84 Å². The zero-order valence-corrected chi connectivity index (χ0v) is 16.1. The lowest BCUT2D eigenvalue weighted by Crippen LogP contribution is -2.74. The Kier molecular flexibility index (Phi) is 7.99. The molecule has 204 valence electrons. The average molecular weight is 550 g/mol. The van der Waals surface area contributed by atoms with Crippen molar-refractivity contribution in [1.29, 1.82) is 0 Å². The minimum atomic E-state index is -8.74. The van der Waals surface area contributed by atoms with Crippen LogP contribution in [0.25, 0.3) is 0 Å². The van der Waals surface area contributed by atoms with E-state index in [-0.39, 0.29) is 6.92 Å². The SMILES string of the molecule is CCOC(=O)C(C)(O)CC(F)(F)C(F)(F)C(F)(F)C(F)(F)C(F)(F)C(F)(F)C(F)(F)C(F)(F)F. The fourth-order valence-corrected chi connectivity index (χ4v) is 2.10. The van der Waals surface area contributed by atoms with Crippen LogP contribution in [0.5, 0.6) is 0 Å². The van der Waals surface area contributed by atoms with Crippen molar-refractivity contribution >= 4 is 5.97 Å². The molecule has 0 saturated carbocycles. The molecule has 0 aliphatic carbocycles. The van der Waals surface area contributed by atoms with Gasteiger partial charge in [-0.1, -0.05) is 0 Å². The Morgan fingerprint density at radius 1 is 0.618 bits per heavy atom. The maximum atomic E-state index is 13.7. The highest BCUT2D eigenvalue weighted by Gasteiger charge is 2.95. The maximum absolute atomic E-state index is 13.7. The van der Waals surface area contributed by atoms with Crippen LogP contribution in [0.4, 0.5) is 74.6 Å². The van der Waals surface area contributed by atoms with Crippen LogP contribution in [0.1, 0.15) is 20.3 Å². The highest BCUT2D eigenvalue weighted by molar-refractivity contribution is 5.78. The number of ether oxygens (including phenoxy) is 1. The lowest BCUT2D eigenvalue weighted by atomic mass is 9.85. The smallest absolute Gasteiger partial charge is 0.460 e. The molecule has 0 aromatic rings. The van der Waals surface area contributed by atoms with Gasteiger partial charge in [0, 0.05) is 0 Å². The molecule has 0 aliphatic rings. The summed E-state index contributed by atoms with van der Waals surface area (Å²) in [5, 5.41) is 9.35. The molecule has 0 heterocycles. The van der Waals surface area contributed by atoms with E-state index in [1.54, 1.807) is 0 Å². The summed E-state index contributed by atoms with van der Waals surface area (Å²) >= 11 is 0. The normalized spacial score (nSPS) is 17.4. The third-order valence-corrected chi connectivity index (χ3v) is 4.07. The second kappa shape index (κ2) is 8.42. The number of alkyl halides is 17. The van der Waals surface area contributed by atoms with Gasteiger partial charge in [0.2, 0.25) is 0 Å². The van der Waals surface area contributed by atoms with Crippen LogP contribution >= 0.6 is 0 Å². The van der Waals surface area contributed by atoms with Gasteiger partial charge in [-0.05, 0) is 13.8 Å². The van der Waals surface area contributed by atoms with E-state index in [4.69, 9.17) is 0 Å². The van der Waals surface area contributed by atoms with Gasteiger partial charge in [0.15, 0.2) is 5.60 Å². The third-order valence-electron chi connectivity index (χ3n) is 4.07. The Balaban J connectivity index is 6.69. The maximum Gasteiger partial charge on any atom is 0.460 e. The molecule has 0 fully saturated rings. The molecule has 20 heteroatoms. The van der Waals surface area contributed by atoms with Crippen LogP contribution in [-0.4, -0.2) is 70.9 Å². The number of halogens is 17. The molecule has 1 unspecified atom stereocenters. The van der Waals surface area contributed by atoms with Crippen molar-refractivity contribution < 1.29 is 89.3 Å². The minimum Gasteiger partial charge on any atom is -0.464 e. The number of hydrogen-bond donors (Lipinski definition) is 1. The Morgan fingerprint density at radius 2 is 0.912 bits per heavy atom. The zero-order valence-electron chi connectivity index (χ0n) is 16.1. The van der Waals surface area contributed by atoms with Gasteiger partial charge in [-0.15, -0.1) is 0 Å². The number of carbonyl (C=O) groups is 1. The molecular formula is C14H11F17O3. The highest BCUT2D eigenvalue weighted by atomic mass is 19.4. The summed E-state index contributed by atoms with van der Waals surface area (Å²) in [4.78, 5) is 11.2. The third kappa shape index (κ3) is 4.45. The number of aliphatic hydroxyl groups is 1. The summed E-state index contributed by atoms with van der Waals surface area (Å²) in [6, 6.07) is 0. The molecule has 0 aliphatic heterocycles. The molecule has 0 aromatic heterocycles. The van der Waals surface area contributed by atoms with E-state index < -0.39 is 72.2 Å². The van der Waals surface area contributed by atoms with Crippen LogP contribution < -0.4 is 0 Å². The average Bonchev–Trinajstić information content (AvgIpc) is 2.58. The van der Waals surface area contributed by atoms with Gasteiger partial charge in [0.25, 0.3) is 0 Å². The molecular weight excluding hydrogens is 539 g/mol. The van der Waals surface area contributed by atoms with Crippen molar-refractivity contribution in [1.82, 2.24) is 0 Å². The van der Waals surface area contributed by atoms with Crippen LogP contribution in [0.15, 0.2) is 0 Å². The predicted octanol–water partition coefficient (Wildman–Crippen LogP) is 5.70. The molecule has 0 spiro atoms. The van der Waals surface area contributed by atoms with E-state index in [2.05, 4.69) is 4.74 Å². The second-order valence-corrected chi connectivity index (χ2v) is 6.82. The lowest BCUT2D eigenvalue weighted by Gasteiger charge is -2.43. The first-order chi connectivity index (χ1) is 14.4. The summed E-state index contributed by atoms with van der Waals surface area (Å²) < 4.78 is 227. The molecule has 0 bridgehead atoms. The van der Waals surface area contributed by atoms with Gasteiger partial charge in [0.05, 0.1) is 13.0 Å². The van der Waals surface area contributed by atoms with E-state index in [1.165, 1.54) is 0 Å². The van der Waals surface area contributed by atoms with Gasteiger partial charge >= 0.3 is 53.6 Å². The van der Waals surface area contributed by atoms with Gasteiger partial charge in [-0.2, -0.15) is 74.6 Å². The number of hydrogen-bond acceptors (Lipinski definition) is 3. The van der Waals surface area contributed by atoms with E-state index >= 15 is 0 Å². The molecule has 0 radical (unpaired) electrons. The molecule has 1 N–H and O–H groups in total. The first kappa shape index (κ1) is 32.2. The molecule has 1 atom stereocenters. The minimum absolute atomic E-state index is 0.141. The zero-order chi connectivity index (χ0) is 28.2. The number of esters is 1. The van der Waals surface area contributed by atoms with Crippen LogP contribution in [0, 0.1) is 0 Å². The molecule has 0 rings (SSSR count). The summed E-state index contributed by atoms with van der Waals surface area (Å²) in [7, 11) is 0. The van der Waals surface area contributed by atoms with Crippen molar-refractivity contribution in [2.45, 2.75) is 73.5 Å². The molecule has 0 aromatic carbocycles. The van der Waals surface area contributed by atoms with Crippen LogP contribution in [0.3, 0.4) is 0 Å². The van der Waals surface area contributed by atoms with Crippen molar-refractivity contribution in [2.24, 2.45) is 0 Å². The number of rotatable bonds is 10. The number of carbonyl (C=O) groups excluding carboxylic acids is 1. The Labute approximate surface area is 176 Å². The second-order valence-electron chi connectivity index (χ2n) is 6.82. The van der Waals surface area contributed by atoms with Crippen molar-refractivity contribution in [2.75, 3.05) is 6.61 Å². The monoisotopic (exact) mass is 550 g/mol. The first-order valence-corrected chi connectivity index (χ1v) is 8.05. The highest BCUT2D eigenvalue weighted by Crippen LogP contribution is 2.64. The Hall–Kier alpha value is -1.76. The topological polar surface area (TPSA) is 46.5 Å². The van der Waals surface area contributed by atoms with Crippen molar-refractivity contribution in [3.63, 3.8) is 0 Å². The molecule has 34 heavy (non-hydrogen) atoms. The molecule has 3 nitrogen and oxygen atoms in total. The Morgan fingerprint density at radius 3 is 1.21 bits per heavy atom. The van der Waals surface area contributed by atoms with Crippen molar-refractivity contribution in [3.8, 4) is 0 Å². The summed E-state index contributed by atoms with van der Waals surface area (Å²) in [6.45, 7) is 0.00617. The van der Waals surface area contributed by atoms with Gasteiger partial charge in [0.1, 0.15) is 0 Å². The summed E-state index contributed by atoms with van der Waals surface area (Å²) in [5.74, 6) is -60.0.